The summed E-state index contributed by atoms with van der Waals surface area (Å²) in [6.45, 7) is 3.39. The van der Waals surface area contributed by atoms with Crippen molar-refractivity contribution in [2.75, 3.05) is 0 Å². The normalized spacial score (nSPS) is 11.6. The third-order valence-corrected chi connectivity index (χ3v) is 4.24. The molecule has 0 radical (unpaired) electrons. The predicted molar refractivity (Wildman–Crippen MR) is 93.8 cm³/mol. The smallest absolute Gasteiger partial charge is 0.152 e. The highest BCUT2D eigenvalue weighted by Crippen LogP contribution is 2.41. The first-order valence-electron chi connectivity index (χ1n) is 6.62. The lowest BCUT2D eigenvalue weighted by Crippen LogP contribution is -1.81. The van der Waals surface area contributed by atoms with Crippen molar-refractivity contribution in [1.82, 2.24) is 0 Å². The molecule has 0 atom stereocenters. The van der Waals surface area contributed by atoms with Crippen LogP contribution < -0.4 is 0 Å². The minimum Gasteiger partial charge on any atom is -0.461 e. The Morgan fingerprint density at radius 2 is 1.95 bits per heavy atom. The van der Waals surface area contributed by atoms with Crippen LogP contribution in [0.4, 0.5) is 0 Å². The van der Waals surface area contributed by atoms with Gasteiger partial charge in [-0.1, -0.05) is 15.9 Å². The molecule has 0 aliphatic rings. The summed E-state index contributed by atoms with van der Waals surface area (Å²) in [5.74, 6) is 2.09. The van der Waals surface area contributed by atoms with Gasteiger partial charge in [-0.2, -0.15) is 0 Å². The standard InChI is InChI=1S/C17H12Br2O3/c1-9(20)3-5-15-16(14-6-4-10(2)21-14)12-7-11(18)8-13(19)17(12)22-15/h3-8H,1-2H3/b5-3+. The van der Waals surface area contributed by atoms with E-state index in [1.165, 1.54) is 13.0 Å². The largest absolute Gasteiger partial charge is 0.461 e. The highest BCUT2D eigenvalue weighted by Gasteiger charge is 2.19. The minimum atomic E-state index is -0.0396. The first kappa shape index (κ1) is 15.3. The Kier molecular flexibility index (Phi) is 4.10. The zero-order valence-corrected chi connectivity index (χ0v) is 15.1. The van der Waals surface area contributed by atoms with Crippen molar-refractivity contribution in [2.45, 2.75) is 13.8 Å². The maximum atomic E-state index is 11.2. The molecule has 5 heteroatoms. The quantitative estimate of drug-likeness (QED) is 0.476. The van der Waals surface area contributed by atoms with E-state index in [0.717, 1.165) is 31.2 Å². The Bertz CT molecular complexity index is 900. The zero-order chi connectivity index (χ0) is 15.9. The molecule has 1 aromatic carbocycles. The number of carbonyl (C=O) groups excluding carboxylic acids is 1. The van der Waals surface area contributed by atoms with E-state index in [0.29, 0.717) is 11.5 Å². The fourth-order valence-electron chi connectivity index (χ4n) is 2.28. The van der Waals surface area contributed by atoms with Gasteiger partial charge >= 0.3 is 0 Å². The van der Waals surface area contributed by atoms with Crippen molar-refractivity contribution in [1.29, 1.82) is 0 Å². The Morgan fingerprint density at radius 3 is 2.59 bits per heavy atom. The summed E-state index contributed by atoms with van der Waals surface area (Å²) in [6.07, 6.45) is 3.16. The number of hydrogen-bond acceptors (Lipinski definition) is 3. The number of carbonyl (C=O) groups is 1. The molecule has 3 aromatic rings. The fraction of sp³-hybridized carbons (Fsp3) is 0.118. The Balaban J connectivity index is 2.33. The second-order valence-corrected chi connectivity index (χ2v) is 6.73. The number of allylic oxidation sites excluding steroid dienone is 1. The van der Waals surface area contributed by atoms with Gasteiger partial charge in [-0.25, -0.2) is 0 Å². The molecule has 3 rings (SSSR count). The van der Waals surface area contributed by atoms with E-state index in [2.05, 4.69) is 31.9 Å². The molecule has 0 aliphatic heterocycles. The molecule has 3 nitrogen and oxygen atoms in total. The van der Waals surface area contributed by atoms with Crippen LogP contribution >= 0.6 is 31.9 Å². The Labute approximate surface area is 144 Å². The first-order valence-corrected chi connectivity index (χ1v) is 8.21. The van der Waals surface area contributed by atoms with Gasteiger partial charge in [-0.15, -0.1) is 0 Å². The number of hydrogen-bond donors (Lipinski definition) is 0. The van der Waals surface area contributed by atoms with Crippen molar-refractivity contribution < 1.29 is 13.6 Å². The van der Waals surface area contributed by atoms with Crippen molar-refractivity contribution >= 4 is 54.7 Å². The molecule has 0 spiro atoms. The average molecular weight is 424 g/mol. The summed E-state index contributed by atoms with van der Waals surface area (Å²) < 4.78 is 13.5. The molecule has 0 amide bonds. The third kappa shape index (κ3) is 2.83. The number of benzene rings is 1. The Hall–Kier alpha value is -1.59. The molecule has 0 bridgehead atoms. The number of aryl methyl sites for hydroxylation is 1. The van der Waals surface area contributed by atoms with E-state index in [1.807, 2.05) is 31.2 Å². The van der Waals surface area contributed by atoms with Crippen LogP contribution in [0.1, 0.15) is 18.4 Å². The molecule has 0 saturated heterocycles. The van der Waals surface area contributed by atoms with Gasteiger partial charge in [0.15, 0.2) is 5.78 Å². The van der Waals surface area contributed by atoms with Crippen LogP contribution in [0.5, 0.6) is 0 Å². The topological polar surface area (TPSA) is 43.4 Å². The average Bonchev–Trinajstić information content (AvgIpc) is 2.99. The second-order valence-electron chi connectivity index (χ2n) is 4.96. The summed E-state index contributed by atoms with van der Waals surface area (Å²) in [5.41, 5.74) is 1.55. The highest BCUT2D eigenvalue weighted by molar-refractivity contribution is 9.11. The lowest BCUT2D eigenvalue weighted by Gasteiger charge is -1.98. The predicted octanol–water partition coefficient (Wildman–Crippen LogP) is 6.13. The summed E-state index contributed by atoms with van der Waals surface area (Å²) in [5, 5.41) is 0.916. The molecule has 2 heterocycles. The monoisotopic (exact) mass is 422 g/mol. The number of fused-ring (bicyclic) bond motifs is 1. The van der Waals surface area contributed by atoms with E-state index in [9.17, 15) is 4.79 Å². The minimum absolute atomic E-state index is 0.0396. The van der Waals surface area contributed by atoms with E-state index in [4.69, 9.17) is 8.83 Å². The van der Waals surface area contributed by atoms with Gasteiger partial charge in [0, 0.05) is 9.86 Å². The molecule has 0 fully saturated rings. The maximum absolute atomic E-state index is 11.2. The van der Waals surface area contributed by atoms with Crippen molar-refractivity contribution in [3.63, 3.8) is 0 Å². The van der Waals surface area contributed by atoms with Crippen molar-refractivity contribution in [3.8, 4) is 11.3 Å². The first-order chi connectivity index (χ1) is 10.5. The zero-order valence-electron chi connectivity index (χ0n) is 11.9. The van der Waals surface area contributed by atoms with E-state index in [1.54, 1.807) is 6.08 Å². The third-order valence-electron chi connectivity index (χ3n) is 3.19. The number of ketones is 1. The summed E-state index contributed by atoms with van der Waals surface area (Å²) in [4.78, 5) is 11.2. The molecule has 0 aliphatic carbocycles. The van der Waals surface area contributed by atoms with Crippen molar-refractivity contribution in [2.24, 2.45) is 0 Å². The van der Waals surface area contributed by atoms with Gasteiger partial charge < -0.3 is 8.83 Å². The molecule has 0 saturated carbocycles. The highest BCUT2D eigenvalue weighted by atomic mass is 79.9. The van der Waals surface area contributed by atoms with Crippen LogP contribution in [0.25, 0.3) is 28.4 Å². The maximum Gasteiger partial charge on any atom is 0.152 e. The molecular weight excluding hydrogens is 412 g/mol. The second kappa shape index (κ2) is 5.89. The van der Waals surface area contributed by atoms with Gasteiger partial charge in [-0.05, 0) is 66.2 Å². The van der Waals surface area contributed by atoms with Crippen LogP contribution in [0.3, 0.4) is 0 Å². The van der Waals surface area contributed by atoms with Crippen LogP contribution in [-0.2, 0) is 4.79 Å². The number of rotatable bonds is 3. The van der Waals surface area contributed by atoms with Gasteiger partial charge in [0.05, 0.1) is 10.0 Å². The lowest BCUT2D eigenvalue weighted by atomic mass is 10.1. The van der Waals surface area contributed by atoms with Crippen LogP contribution in [0.15, 0.2) is 48.1 Å². The van der Waals surface area contributed by atoms with E-state index >= 15 is 0 Å². The summed E-state index contributed by atoms with van der Waals surface area (Å²) >= 11 is 7.00. The van der Waals surface area contributed by atoms with Gasteiger partial charge in [0.1, 0.15) is 22.9 Å². The lowest BCUT2D eigenvalue weighted by molar-refractivity contribution is -0.112. The molecule has 0 unspecified atom stereocenters. The molecule has 112 valence electrons. The number of halogens is 2. The van der Waals surface area contributed by atoms with Crippen LogP contribution in [0, 0.1) is 6.92 Å². The number of furan rings is 2. The van der Waals surface area contributed by atoms with Crippen LogP contribution in [-0.4, -0.2) is 5.78 Å². The molecule has 22 heavy (non-hydrogen) atoms. The fourth-order valence-corrected chi connectivity index (χ4v) is 3.58. The van der Waals surface area contributed by atoms with Gasteiger partial charge in [-0.3, -0.25) is 4.79 Å². The molecular formula is C17H12Br2O3. The van der Waals surface area contributed by atoms with Crippen molar-refractivity contribution in [3.05, 3.63) is 50.8 Å². The summed E-state index contributed by atoms with van der Waals surface area (Å²) in [7, 11) is 0. The van der Waals surface area contributed by atoms with Crippen LogP contribution in [0.2, 0.25) is 0 Å². The summed E-state index contributed by atoms with van der Waals surface area (Å²) in [6, 6.07) is 7.70. The van der Waals surface area contributed by atoms with E-state index < -0.39 is 0 Å². The molecule has 0 N–H and O–H groups in total. The van der Waals surface area contributed by atoms with Gasteiger partial charge in [0.25, 0.3) is 0 Å². The Morgan fingerprint density at radius 1 is 1.18 bits per heavy atom. The van der Waals surface area contributed by atoms with E-state index in [-0.39, 0.29) is 5.78 Å². The SMILES string of the molecule is CC(=O)/C=C/c1oc2c(Br)cc(Br)cc2c1-c1ccc(C)o1. The van der Waals surface area contributed by atoms with Gasteiger partial charge in [0.2, 0.25) is 0 Å². The molecule has 2 aromatic heterocycles.